The molecule has 1 aromatic heterocycles. The number of anilines is 1. The van der Waals surface area contributed by atoms with Crippen molar-refractivity contribution in [3.63, 3.8) is 0 Å². The summed E-state index contributed by atoms with van der Waals surface area (Å²) in [5, 5.41) is 6.15. The SMILES string of the molecule is CCc1cccc(C)c1NC(=O)CN[C@@H](C)c1ccco1. The Hall–Kier alpha value is -2.07. The van der Waals surface area contributed by atoms with Crippen molar-refractivity contribution in [2.45, 2.75) is 33.2 Å². The summed E-state index contributed by atoms with van der Waals surface area (Å²) in [6.07, 6.45) is 2.53. The average Bonchev–Trinajstić information content (AvgIpc) is 3.01. The molecule has 2 rings (SSSR count). The molecule has 0 saturated carbocycles. The maximum absolute atomic E-state index is 12.1. The second-order valence-corrected chi connectivity index (χ2v) is 5.13. The first-order chi connectivity index (χ1) is 10.1. The third kappa shape index (κ3) is 3.95. The first-order valence-electron chi connectivity index (χ1n) is 7.27. The number of amides is 1. The van der Waals surface area contributed by atoms with E-state index < -0.39 is 0 Å². The number of carbonyl (C=O) groups is 1. The van der Waals surface area contributed by atoms with Crippen molar-refractivity contribution in [2.75, 3.05) is 11.9 Å². The summed E-state index contributed by atoms with van der Waals surface area (Å²) in [5.41, 5.74) is 3.17. The van der Waals surface area contributed by atoms with E-state index in [0.717, 1.165) is 29.0 Å². The van der Waals surface area contributed by atoms with E-state index >= 15 is 0 Å². The molecule has 0 radical (unpaired) electrons. The zero-order valence-corrected chi connectivity index (χ0v) is 12.8. The van der Waals surface area contributed by atoms with E-state index in [1.807, 2.05) is 44.2 Å². The molecule has 0 unspecified atom stereocenters. The maximum Gasteiger partial charge on any atom is 0.238 e. The highest BCUT2D eigenvalue weighted by molar-refractivity contribution is 5.93. The molecular weight excluding hydrogens is 264 g/mol. The van der Waals surface area contributed by atoms with Gasteiger partial charge in [-0.25, -0.2) is 0 Å². The minimum atomic E-state index is -0.0441. The van der Waals surface area contributed by atoms with Crippen LogP contribution < -0.4 is 10.6 Å². The molecule has 2 aromatic rings. The first-order valence-corrected chi connectivity index (χ1v) is 7.27. The van der Waals surface area contributed by atoms with E-state index in [-0.39, 0.29) is 18.5 Å². The fourth-order valence-electron chi connectivity index (χ4n) is 2.27. The smallest absolute Gasteiger partial charge is 0.238 e. The summed E-state index contributed by atoms with van der Waals surface area (Å²) < 4.78 is 5.31. The number of nitrogens with one attached hydrogen (secondary N) is 2. The van der Waals surface area contributed by atoms with Crippen molar-refractivity contribution in [1.82, 2.24) is 5.32 Å². The molecule has 4 nitrogen and oxygen atoms in total. The molecule has 2 N–H and O–H groups in total. The molecule has 0 fully saturated rings. The van der Waals surface area contributed by atoms with Crippen LogP contribution in [-0.2, 0) is 11.2 Å². The molecule has 0 spiro atoms. The summed E-state index contributed by atoms with van der Waals surface area (Å²) in [6.45, 7) is 6.31. The number of benzene rings is 1. The van der Waals surface area contributed by atoms with Gasteiger partial charge in [0.05, 0.1) is 18.8 Å². The number of carbonyl (C=O) groups excluding carboxylic acids is 1. The molecule has 1 amide bonds. The average molecular weight is 286 g/mol. The second kappa shape index (κ2) is 7.09. The minimum Gasteiger partial charge on any atom is -0.468 e. The monoisotopic (exact) mass is 286 g/mol. The lowest BCUT2D eigenvalue weighted by molar-refractivity contribution is -0.115. The van der Waals surface area contributed by atoms with Crippen molar-refractivity contribution < 1.29 is 9.21 Å². The Morgan fingerprint density at radius 2 is 2.10 bits per heavy atom. The Morgan fingerprint density at radius 1 is 1.29 bits per heavy atom. The van der Waals surface area contributed by atoms with Gasteiger partial charge in [0.2, 0.25) is 5.91 Å². The Labute approximate surface area is 125 Å². The van der Waals surface area contributed by atoms with Crippen LogP contribution in [0.4, 0.5) is 5.69 Å². The summed E-state index contributed by atoms with van der Waals surface area (Å²) in [7, 11) is 0. The number of rotatable bonds is 6. The van der Waals surface area contributed by atoms with Crippen LogP contribution in [0.3, 0.4) is 0 Å². The van der Waals surface area contributed by atoms with Crippen LogP contribution in [0.5, 0.6) is 0 Å². The molecule has 1 aromatic carbocycles. The second-order valence-electron chi connectivity index (χ2n) is 5.13. The van der Waals surface area contributed by atoms with Gasteiger partial charge in [-0.05, 0) is 43.5 Å². The molecule has 0 saturated heterocycles. The largest absolute Gasteiger partial charge is 0.468 e. The van der Waals surface area contributed by atoms with Crippen molar-refractivity contribution in [3.8, 4) is 0 Å². The normalized spacial score (nSPS) is 12.1. The standard InChI is InChI=1S/C17H22N2O2/c1-4-14-8-5-7-12(2)17(14)19-16(20)11-18-13(3)15-9-6-10-21-15/h5-10,13,18H,4,11H2,1-3H3,(H,19,20)/t13-/m0/s1. The summed E-state index contributed by atoms with van der Waals surface area (Å²) in [6, 6.07) is 9.81. The topological polar surface area (TPSA) is 54.3 Å². The van der Waals surface area contributed by atoms with E-state index in [2.05, 4.69) is 17.6 Å². The van der Waals surface area contributed by atoms with Gasteiger partial charge in [0.25, 0.3) is 0 Å². The van der Waals surface area contributed by atoms with Gasteiger partial charge in [-0.2, -0.15) is 0 Å². The van der Waals surface area contributed by atoms with Crippen molar-refractivity contribution in [2.24, 2.45) is 0 Å². The molecule has 112 valence electrons. The van der Waals surface area contributed by atoms with E-state index in [1.165, 1.54) is 0 Å². The van der Waals surface area contributed by atoms with E-state index in [9.17, 15) is 4.79 Å². The van der Waals surface area contributed by atoms with Crippen molar-refractivity contribution in [3.05, 3.63) is 53.5 Å². The zero-order valence-electron chi connectivity index (χ0n) is 12.8. The van der Waals surface area contributed by atoms with Crippen LogP contribution in [0.25, 0.3) is 0 Å². The maximum atomic E-state index is 12.1. The molecule has 0 aliphatic carbocycles. The lowest BCUT2D eigenvalue weighted by Gasteiger charge is -2.15. The predicted octanol–water partition coefficient (Wildman–Crippen LogP) is 3.44. The van der Waals surface area contributed by atoms with Gasteiger partial charge in [-0.3, -0.25) is 10.1 Å². The van der Waals surface area contributed by atoms with Crippen LogP contribution >= 0.6 is 0 Å². The third-order valence-corrected chi connectivity index (χ3v) is 3.54. The van der Waals surface area contributed by atoms with Crippen LogP contribution in [0, 0.1) is 6.92 Å². The number of hydrogen-bond acceptors (Lipinski definition) is 3. The molecule has 1 atom stereocenters. The Balaban J connectivity index is 1.93. The fraction of sp³-hybridized carbons (Fsp3) is 0.353. The van der Waals surface area contributed by atoms with Crippen LogP contribution in [0.15, 0.2) is 41.0 Å². The highest BCUT2D eigenvalue weighted by atomic mass is 16.3. The lowest BCUT2D eigenvalue weighted by atomic mass is 10.1. The lowest BCUT2D eigenvalue weighted by Crippen LogP contribution is -2.30. The highest BCUT2D eigenvalue weighted by Gasteiger charge is 2.12. The summed E-state index contributed by atoms with van der Waals surface area (Å²) in [5.74, 6) is 0.783. The van der Waals surface area contributed by atoms with Crippen LogP contribution in [-0.4, -0.2) is 12.5 Å². The summed E-state index contributed by atoms with van der Waals surface area (Å²) >= 11 is 0. The van der Waals surface area contributed by atoms with Gasteiger partial charge in [0.1, 0.15) is 5.76 Å². The molecule has 21 heavy (non-hydrogen) atoms. The zero-order chi connectivity index (χ0) is 15.2. The predicted molar refractivity (Wildman–Crippen MR) is 84.3 cm³/mol. The Kier molecular flexibility index (Phi) is 5.17. The van der Waals surface area contributed by atoms with Crippen molar-refractivity contribution >= 4 is 11.6 Å². The van der Waals surface area contributed by atoms with Gasteiger partial charge in [-0.1, -0.05) is 25.1 Å². The van der Waals surface area contributed by atoms with Gasteiger partial charge < -0.3 is 9.73 Å². The number of furan rings is 1. The van der Waals surface area contributed by atoms with E-state index in [1.54, 1.807) is 6.26 Å². The van der Waals surface area contributed by atoms with Crippen molar-refractivity contribution in [1.29, 1.82) is 0 Å². The molecular formula is C17H22N2O2. The molecule has 1 heterocycles. The van der Waals surface area contributed by atoms with E-state index in [4.69, 9.17) is 4.42 Å². The Bertz CT molecular complexity index is 591. The van der Waals surface area contributed by atoms with Crippen LogP contribution in [0.1, 0.15) is 36.8 Å². The van der Waals surface area contributed by atoms with Gasteiger partial charge in [0.15, 0.2) is 0 Å². The molecule has 0 aliphatic heterocycles. The van der Waals surface area contributed by atoms with Crippen LogP contribution in [0.2, 0.25) is 0 Å². The fourth-order valence-corrected chi connectivity index (χ4v) is 2.27. The highest BCUT2D eigenvalue weighted by Crippen LogP contribution is 2.21. The summed E-state index contributed by atoms with van der Waals surface area (Å²) in [4.78, 5) is 12.1. The molecule has 0 bridgehead atoms. The quantitative estimate of drug-likeness (QED) is 0.855. The number of hydrogen-bond donors (Lipinski definition) is 2. The third-order valence-electron chi connectivity index (χ3n) is 3.54. The number of para-hydroxylation sites is 1. The minimum absolute atomic E-state index is 0.00765. The molecule has 0 aliphatic rings. The van der Waals surface area contributed by atoms with Gasteiger partial charge >= 0.3 is 0 Å². The van der Waals surface area contributed by atoms with Gasteiger partial charge in [-0.15, -0.1) is 0 Å². The molecule has 4 heteroatoms. The Morgan fingerprint density at radius 3 is 2.76 bits per heavy atom. The van der Waals surface area contributed by atoms with Gasteiger partial charge in [0, 0.05) is 5.69 Å². The first kappa shape index (κ1) is 15.3. The number of aryl methyl sites for hydroxylation is 2. The van der Waals surface area contributed by atoms with E-state index in [0.29, 0.717) is 0 Å².